The summed E-state index contributed by atoms with van der Waals surface area (Å²) >= 11 is 0. The standard InChI is InChI=1S/C27H38N9O/c1-10-34(11-2)21-12-13-22(19(7)14-21)28-24-26-29-25(23-15-20(8)33(9)30-23)31-35(26)32-27(24)36(16-37,17(3)4)18(5)6/h12-18H,10-11H2,1-9H3/q+1. The maximum absolute atomic E-state index is 12.7. The van der Waals surface area contributed by atoms with E-state index >= 15 is 0 Å². The summed E-state index contributed by atoms with van der Waals surface area (Å²) < 4.78 is 1.80. The highest BCUT2D eigenvalue weighted by molar-refractivity contribution is 6.46. The zero-order valence-corrected chi connectivity index (χ0v) is 23.4. The van der Waals surface area contributed by atoms with Gasteiger partial charge in [-0.25, -0.2) is 19.3 Å². The Morgan fingerprint density at radius 2 is 1.73 bits per heavy atom. The van der Waals surface area contributed by atoms with Gasteiger partial charge in [-0.15, -0.1) is 9.89 Å². The fraction of sp³-hybridized carbons (Fsp3) is 0.481. The van der Waals surface area contributed by atoms with Crippen molar-refractivity contribution in [2.24, 2.45) is 17.1 Å². The highest BCUT2D eigenvalue weighted by atomic mass is 16.1. The number of aromatic nitrogens is 5. The van der Waals surface area contributed by atoms with E-state index in [1.165, 1.54) is 4.79 Å². The monoisotopic (exact) mass is 504 g/mol. The maximum Gasteiger partial charge on any atom is 0.308 e. The third-order valence-corrected chi connectivity index (χ3v) is 7.34. The Kier molecular flexibility index (Phi) is 7.14. The molecule has 10 heteroatoms. The Morgan fingerprint density at radius 3 is 2.24 bits per heavy atom. The first-order valence-corrected chi connectivity index (χ1v) is 12.9. The van der Waals surface area contributed by atoms with Crippen molar-refractivity contribution in [3.63, 3.8) is 0 Å². The minimum Gasteiger partial charge on any atom is -0.372 e. The molecule has 0 fully saturated rings. The number of aliphatic imine (C=N–C) groups is 1. The number of carbonyl (C=O) groups excluding carboxylic acids is 1. The summed E-state index contributed by atoms with van der Waals surface area (Å²) in [6.45, 7) is 18.3. The second kappa shape index (κ2) is 10.0. The molecule has 0 radical (unpaired) electrons. The molecule has 2 aromatic heterocycles. The van der Waals surface area contributed by atoms with Crippen LogP contribution in [0.3, 0.4) is 0 Å². The minimum atomic E-state index is -0.0601. The Morgan fingerprint density at radius 1 is 1.05 bits per heavy atom. The number of nitrogens with zero attached hydrogens (tertiary/aromatic N) is 9. The van der Waals surface area contributed by atoms with Gasteiger partial charge in [-0.3, -0.25) is 4.68 Å². The SMILES string of the molecule is CCN(CC)c1ccc(N=C2C([N+](C=O)(C(C)C)C(C)C)=Nn3nc(-c4cc(C)n(C)n4)nc32)c(C)c1. The molecule has 1 aliphatic rings. The molecule has 0 spiro atoms. The van der Waals surface area contributed by atoms with Crippen LogP contribution in [0, 0.1) is 13.8 Å². The lowest BCUT2D eigenvalue weighted by atomic mass is 10.1. The second-order valence-corrected chi connectivity index (χ2v) is 10.1. The number of amides is 1. The molecule has 3 aromatic rings. The molecule has 37 heavy (non-hydrogen) atoms. The van der Waals surface area contributed by atoms with E-state index in [9.17, 15) is 4.79 Å². The van der Waals surface area contributed by atoms with Crippen LogP contribution in [0.2, 0.25) is 0 Å². The summed E-state index contributed by atoms with van der Waals surface area (Å²) in [5, 5.41) is 14.0. The molecule has 4 rings (SSSR count). The Hall–Kier alpha value is -3.66. The average Bonchev–Trinajstić information content (AvgIpc) is 3.51. The van der Waals surface area contributed by atoms with Crippen LogP contribution in [0.1, 0.15) is 58.6 Å². The number of hydrogen-bond donors (Lipinski definition) is 0. The van der Waals surface area contributed by atoms with E-state index in [1.807, 2.05) is 53.8 Å². The summed E-state index contributed by atoms with van der Waals surface area (Å²) in [5.41, 5.74) is 5.23. The number of fused-ring (bicyclic) bond motifs is 1. The lowest BCUT2D eigenvalue weighted by molar-refractivity contribution is -0.799. The minimum absolute atomic E-state index is 0.0124. The summed E-state index contributed by atoms with van der Waals surface area (Å²) in [6, 6.07) is 8.08. The van der Waals surface area contributed by atoms with Gasteiger partial charge in [0.05, 0.1) is 17.8 Å². The van der Waals surface area contributed by atoms with Crippen LogP contribution >= 0.6 is 0 Å². The van der Waals surface area contributed by atoms with E-state index in [4.69, 9.17) is 15.1 Å². The molecule has 0 saturated heterocycles. The molecule has 0 aliphatic carbocycles. The molecule has 0 saturated carbocycles. The number of quaternary nitrogens is 1. The normalized spacial score (nSPS) is 14.6. The van der Waals surface area contributed by atoms with Gasteiger partial charge in [-0.2, -0.15) is 5.10 Å². The van der Waals surface area contributed by atoms with Crippen LogP contribution < -0.4 is 4.90 Å². The van der Waals surface area contributed by atoms with Gasteiger partial charge in [0, 0.05) is 31.5 Å². The molecule has 1 aromatic carbocycles. The molecule has 3 heterocycles. The van der Waals surface area contributed by atoms with Gasteiger partial charge in [0.2, 0.25) is 11.6 Å². The molecular weight excluding hydrogens is 466 g/mol. The molecule has 1 aliphatic heterocycles. The Balaban J connectivity index is 1.91. The fourth-order valence-corrected chi connectivity index (χ4v) is 4.95. The zero-order chi connectivity index (χ0) is 27.1. The van der Waals surface area contributed by atoms with Crippen molar-refractivity contribution < 1.29 is 9.28 Å². The van der Waals surface area contributed by atoms with Crippen molar-refractivity contribution in [3.8, 4) is 11.5 Å². The Bertz CT molecular complexity index is 1340. The third-order valence-electron chi connectivity index (χ3n) is 7.34. The van der Waals surface area contributed by atoms with E-state index in [0.717, 1.165) is 42.1 Å². The van der Waals surface area contributed by atoms with Gasteiger partial charge < -0.3 is 4.90 Å². The van der Waals surface area contributed by atoms with Crippen molar-refractivity contribution in [3.05, 3.63) is 41.3 Å². The van der Waals surface area contributed by atoms with Gasteiger partial charge in [0.15, 0.2) is 5.71 Å². The number of carbonyl (C=O) groups is 1. The first kappa shape index (κ1) is 26.4. The van der Waals surface area contributed by atoms with E-state index in [0.29, 0.717) is 28.9 Å². The van der Waals surface area contributed by atoms with Crippen LogP contribution in [0.5, 0.6) is 0 Å². The van der Waals surface area contributed by atoms with Crippen LogP contribution in [0.4, 0.5) is 11.4 Å². The van der Waals surface area contributed by atoms with Crippen LogP contribution in [0.15, 0.2) is 34.4 Å². The smallest absolute Gasteiger partial charge is 0.308 e. The molecule has 0 unspecified atom stereocenters. The van der Waals surface area contributed by atoms with Crippen LogP contribution in [-0.2, 0) is 11.8 Å². The molecule has 0 atom stereocenters. The van der Waals surface area contributed by atoms with Crippen LogP contribution in [-0.4, -0.2) is 72.3 Å². The fourth-order valence-electron chi connectivity index (χ4n) is 4.95. The molecule has 0 N–H and O–H groups in total. The van der Waals surface area contributed by atoms with E-state index in [-0.39, 0.29) is 16.6 Å². The predicted octanol–water partition coefficient (Wildman–Crippen LogP) is 4.23. The summed E-state index contributed by atoms with van der Waals surface area (Å²) in [4.78, 5) is 26.4. The van der Waals surface area contributed by atoms with Gasteiger partial charge in [0.25, 0.3) is 5.84 Å². The highest BCUT2D eigenvalue weighted by Gasteiger charge is 2.49. The van der Waals surface area contributed by atoms with Crippen molar-refractivity contribution in [2.75, 3.05) is 18.0 Å². The van der Waals surface area contributed by atoms with Crippen molar-refractivity contribution >= 4 is 29.3 Å². The van der Waals surface area contributed by atoms with E-state index in [1.54, 1.807) is 4.68 Å². The number of aryl methyl sites for hydroxylation is 3. The first-order valence-electron chi connectivity index (χ1n) is 12.9. The predicted molar refractivity (Wildman–Crippen MR) is 147 cm³/mol. The number of benzene rings is 1. The number of hydrogen-bond acceptors (Lipinski definition) is 7. The average molecular weight is 505 g/mol. The molecule has 196 valence electrons. The molecule has 10 nitrogen and oxygen atoms in total. The summed E-state index contributed by atoms with van der Waals surface area (Å²) in [7, 11) is 1.89. The van der Waals surface area contributed by atoms with Gasteiger partial charge in [-0.05, 0) is 85.2 Å². The van der Waals surface area contributed by atoms with E-state index < -0.39 is 0 Å². The zero-order valence-electron chi connectivity index (χ0n) is 23.4. The largest absolute Gasteiger partial charge is 0.372 e. The maximum atomic E-state index is 12.7. The third kappa shape index (κ3) is 4.39. The number of amidine groups is 1. The molecule has 0 bridgehead atoms. The van der Waals surface area contributed by atoms with Gasteiger partial charge in [0.1, 0.15) is 5.69 Å². The van der Waals surface area contributed by atoms with Crippen LogP contribution in [0.25, 0.3) is 11.5 Å². The second-order valence-electron chi connectivity index (χ2n) is 10.1. The highest BCUT2D eigenvalue weighted by Crippen LogP contribution is 2.30. The van der Waals surface area contributed by atoms with Crippen molar-refractivity contribution in [1.82, 2.24) is 24.7 Å². The lowest BCUT2D eigenvalue weighted by Gasteiger charge is -2.38. The van der Waals surface area contributed by atoms with Crippen molar-refractivity contribution in [1.29, 1.82) is 0 Å². The Labute approximate surface area is 218 Å². The lowest BCUT2D eigenvalue weighted by Crippen LogP contribution is -2.62. The van der Waals surface area contributed by atoms with Gasteiger partial charge in [-0.1, -0.05) is 5.10 Å². The number of anilines is 1. The molecular formula is C27H38N9O+. The quantitative estimate of drug-likeness (QED) is 0.338. The first-order chi connectivity index (χ1) is 17.6. The van der Waals surface area contributed by atoms with Crippen molar-refractivity contribution in [2.45, 2.75) is 67.5 Å². The topological polar surface area (TPSA) is 93.6 Å². The summed E-state index contributed by atoms with van der Waals surface area (Å²) in [6.07, 6.45) is 0.968. The number of rotatable bonds is 8. The molecule has 1 amide bonds. The van der Waals surface area contributed by atoms with E-state index in [2.05, 4.69) is 48.0 Å². The van der Waals surface area contributed by atoms with Gasteiger partial charge >= 0.3 is 6.41 Å². The summed E-state index contributed by atoms with van der Waals surface area (Å²) in [5.74, 6) is 1.53.